The number of hydrogen-bond acceptors (Lipinski definition) is 4. The van der Waals surface area contributed by atoms with E-state index in [1.807, 2.05) is 36.4 Å². The smallest absolute Gasteiger partial charge is 0.338 e. The van der Waals surface area contributed by atoms with Crippen molar-refractivity contribution in [2.24, 2.45) is 0 Å². The van der Waals surface area contributed by atoms with Gasteiger partial charge in [-0.1, -0.05) is 36.4 Å². The number of rotatable bonds is 5. The summed E-state index contributed by atoms with van der Waals surface area (Å²) < 4.78 is 6.31. The van der Waals surface area contributed by atoms with E-state index in [4.69, 9.17) is 4.74 Å². The van der Waals surface area contributed by atoms with Crippen molar-refractivity contribution in [1.82, 2.24) is 9.55 Å². The Morgan fingerprint density at radius 3 is 2.65 bits per heavy atom. The van der Waals surface area contributed by atoms with Crippen LogP contribution in [0, 0.1) is 0 Å². The second-order valence-corrected chi connectivity index (χ2v) is 5.65. The number of aromatic amines is 1. The van der Waals surface area contributed by atoms with E-state index in [-0.39, 0.29) is 24.3 Å². The van der Waals surface area contributed by atoms with E-state index in [0.29, 0.717) is 10.9 Å². The zero-order valence-electron chi connectivity index (χ0n) is 14.3. The summed E-state index contributed by atoms with van der Waals surface area (Å²) in [6.07, 6.45) is 3.61. The fourth-order valence-electron chi connectivity index (χ4n) is 2.62. The molecule has 0 aliphatic rings. The third kappa shape index (κ3) is 3.64. The lowest BCUT2D eigenvalue weighted by Crippen LogP contribution is -2.34. The molecule has 0 spiro atoms. The molecule has 2 aromatic carbocycles. The molecule has 0 saturated heterocycles. The number of aromatic nitrogens is 2. The number of benzene rings is 2. The summed E-state index contributed by atoms with van der Waals surface area (Å²) in [5, 5.41) is 0.354. The molecule has 6 heteroatoms. The Kier molecular flexibility index (Phi) is 5.12. The predicted octanol–water partition coefficient (Wildman–Crippen LogP) is 2.58. The number of esters is 1. The van der Waals surface area contributed by atoms with Gasteiger partial charge in [0.05, 0.1) is 16.5 Å². The zero-order chi connectivity index (χ0) is 18.5. The molecule has 0 fully saturated rings. The van der Waals surface area contributed by atoms with Crippen LogP contribution >= 0.6 is 0 Å². The molecule has 0 unspecified atom stereocenters. The van der Waals surface area contributed by atoms with Gasteiger partial charge >= 0.3 is 11.7 Å². The van der Waals surface area contributed by atoms with Crippen molar-refractivity contribution in [2.45, 2.75) is 13.5 Å². The van der Waals surface area contributed by atoms with Gasteiger partial charge in [-0.2, -0.15) is 0 Å². The normalized spacial score (nSPS) is 11.1. The first kappa shape index (κ1) is 17.4. The van der Waals surface area contributed by atoms with Gasteiger partial charge in [0.1, 0.15) is 6.61 Å². The van der Waals surface area contributed by atoms with E-state index in [2.05, 4.69) is 4.98 Å². The van der Waals surface area contributed by atoms with E-state index < -0.39 is 11.7 Å². The van der Waals surface area contributed by atoms with Gasteiger partial charge in [0.2, 0.25) is 0 Å². The third-order valence-corrected chi connectivity index (χ3v) is 3.95. The first-order chi connectivity index (χ1) is 12.6. The van der Waals surface area contributed by atoms with Crippen molar-refractivity contribution in [3.8, 4) is 0 Å². The van der Waals surface area contributed by atoms with E-state index in [1.54, 1.807) is 13.0 Å². The highest BCUT2D eigenvalue weighted by molar-refractivity contribution is 5.94. The number of carbonyl (C=O) groups excluding carboxylic acids is 1. The van der Waals surface area contributed by atoms with Crippen LogP contribution in [0.2, 0.25) is 0 Å². The van der Waals surface area contributed by atoms with Crippen molar-refractivity contribution < 1.29 is 9.53 Å². The zero-order valence-corrected chi connectivity index (χ0v) is 14.3. The molecule has 0 amide bonds. The minimum Gasteiger partial charge on any atom is -0.458 e. The number of H-pyrrole nitrogens is 1. The highest BCUT2D eigenvalue weighted by atomic mass is 16.5. The van der Waals surface area contributed by atoms with Crippen LogP contribution in [0.4, 0.5) is 0 Å². The standard InChI is InChI=1S/C20H18N2O4/c1-2-22-18(23)16-11-10-15(13-17(16)21-20(22)25)19(24)26-12-6-9-14-7-4-3-5-8-14/h3-11,13H,2,12H2,1H3,(H,21,25). The molecule has 0 aliphatic carbocycles. The minimum atomic E-state index is -0.523. The fourth-order valence-corrected chi connectivity index (χ4v) is 2.62. The second-order valence-electron chi connectivity index (χ2n) is 5.65. The molecule has 1 heterocycles. The SMILES string of the molecule is CCn1c(=O)[nH]c2cc(C(=O)OCC=Cc3ccccc3)ccc2c1=O. The molecule has 3 rings (SSSR count). The van der Waals surface area contributed by atoms with E-state index in [9.17, 15) is 14.4 Å². The molecule has 1 N–H and O–H groups in total. The van der Waals surface area contributed by atoms with Crippen LogP contribution < -0.4 is 11.2 Å². The molecule has 1 aromatic heterocycles. The number of nitrogens with one attached hydrogen (secondary N) is 1. The Bertz CT molecular complexity index is 1080. The second kappa shape index (κ2) is 7.65. The van der Waals surface area contributed by atoms with Gasteiger partial charge in [0.15, 0.2) is 0 Å². The van der Waals surface area contributed by atoms with Crippen LogP contribution in [0.3, 0.4) is 0 Å². The summed E-state index contributed by atoms with van der Waals surface area (Å²) in [5.41, 5.74) is 0.728. The maximum absolute atomic E-state index is 12.2. The molecule has 0 aliphatic heterocycles. The Morgan fingerprint density at radius 1 is 1.15 bits per heavy atom. The fraction of sp³-hybridized carbons (Fsp3) is 0.150. The van der Waals surface area contributed by atoms with Crippen LogP contribution in [-0.2, 0) is 11.3 Å². The molecular weight excluding hydrogens is 332 g/mol. The summed E-state index contributed by atoms with van der Waals surface area (Å²) in [7, 11) is 0. The van der Waals surface area contributed by atoms with E-state index in [1.165, 1.54) is 18.2 Å². The summed E-state index contributed by atoms with van der Waals surface area (Å²) in [5.74, 6) is -0.523. The molecule has 0 atom stereocenters. The summed E-state index contributed by atoms with van der Waals surface area (Å²) in [4.78, 5) is 38.9. The minimum absolute atomic E-state index is 0.125. The largest absolute Gasteiger partial charge is 0.458 e. The first-order valence-electron chi connectivity index (χ1n) is 8.25. The number of fused-ring (bicyclic) bond motifs is 1. The maximum Gasteiger partial charge on any atom is 0.338 e. The predicted molar refractivity (Wildman–Crippen MR) is 100 cm³/mol. The highest BCUT2D eigenvalue weighted by Crippen LogP contribution is 2.10. The number of ether oxygens (including phenoxy) is 1. The topological polar surface area (TPSA) is 81.2 Å². The highest BCUT2D eigenvalue weighted by Gasteiger charge is 2.11. The maximum atomic E-state index is 12.2. The number of nitrogens with zero attached hydrogens (tertiary/aromatic N) is 1. The van der Waals surface area contributed by atoms with Crippen LogP contribution in [0.15, 0.2) is 64.2 Å². The van der Waals surface area contributed by atoms with E-state index in [0.717, 1.165) is 10.1 Å². The quantitative estimate of drug-likeness (QED) is 0.717. The Labute approximate surface area is 149 Å². The van der Waals surface area contributed by atoms with Crippen molar-refractivity contribution in [3.63, 3.8) is 0 Å². The van der Waals surface area contributed by atoms with Crippen molar-refractivity contribution in [3.05, 3.63) is 86.6 Å². The lowest BCUT2D eigenvalue weighted by molar-refractivity contribution is 0.0550. The molecule has 0 radical (unpaired) electrons. The summed E-state index contributed by atoms with van der Waals surface area (Å²) in [6, 6.07) is 14.2. The Hall–Kier alpha value is -3.41. The van der Waals surface area contributed by atoms with Crippen molar-refractivity contribution in [1.29, 1.82) is 0 Å². The van der Waals surface area contributed by atoms with Crippen molar-refractivity contribution >= 4 is 22.9 Å². The molecule has 3 aromatic rings. The van der Waals surface area contributed by atoms with Crippen molar-refractivity contribution in [2.75, 3.05) is 6.61 Å². The summed E-state index contributed by atoms with van der Waals surface area (Å²) >= 11 is 0. The van der Waals surface area contributed by atoms with Crippen LogP contribution in [-0.4, -0.2) is 22.1 Å². The number of carbonyl (C=O) groups is 1. The Morgan fingerprint density at radius 2 is 1.92 bits per heavy atom. The van der Waals surface area contributed by atoms with Gasteiger partial charge in [0.25, 0.3) is 5.56 Å². The number of hydrogen-bond donors (Lipinski definition) is 1. The molecule has 0 saturated carbocycles. The molecule has 132 valence electrons. The van der Waals surface area contributed by atoms with Crippen LogP contribution in [0.25, 0.3) is 17.0 Å². The first-order valence-corrected chi connectivity index (χ1v) is 8.25. The molecular formula is C20H18N2O4. The van der Waals surface area contributed by atoms with Gasteiger partial charge in [-0.25, -0.2) is 9.59 Å². The third-order valence-electron chi connectivity index (χ3n) is 3.95. The van der Waals surface area contributed by atoms with Crippen LogP contribution in [0.1, 0.15) is 22.8 Å². The average Bonchev–Trinajstić information content (AvgIpc) is 2.65. The van der Waals surface area contributed by atoms with Gasteiger partial charge < -0.3 is 9.72 Å². The van der Waals surface area contributed by atoms with Gasteiger partial charge in [0, 0.05) is 6.54 Å². The monoisotopic (exact) mass is 350 g/mol. The molecule has 26 heavy (non-hydrogen) atoms. The summed E-state index contributed by atoms with van der Waals surface area (Å²) in [6.45, 7) is 2.12. The molecule has 0 bridgehead atoms. The molecule has 6 nitrogen and oxygen atoms in total. The van der Waals surface area contributed by atoms with E-state index >= 15 is 0 Å². The Balaban J connectivity index is 1.75. The van der Waals surface area contributed by atoms with Crippen LogP contribution in [0.5, 0.6) is 0 Å². The lowest BCUT2D eigenvalue weighted by Gasteiger charge is -2.06. The van der Waals surface area contributed by atoms with Gasteiger partial charge in [-0.15, -0.1) is 0 Å². The lowest BCUT2D eigenvalue weighted by atomic mass is 10.1. The average molecular weight is 350 g/mol. The van der Waals surface area contributed by atoms with Gasteiger partial charge in [-0.3, -0.25) is 9.36 Å². The van der Waals surface area contributed by atoms with Gasteiger partial charge in [-0.05, 0) is 36.8 Å².